The van der Waals surface area contributed by atoms with Crippen molar-refractivity contribution in [2.45, 2.75) is 37.7 Å². The first-order valence-electron chi connectivity index (χ1n) is 17.4. The number of aromatic nitrogens is 1. The van der Waals surface area contributed by atoms with Crippen LogP contribution in [0.4, 0.5) is 16.3 Å². The number of benzene rings is 4. The third-order valence-corrected chi connectivity index (χ3v) is 9.36. The molecule has 0 aliphatic carbocycles. The van der Waals surface area contributed by atoms with Crippen molar-refractivity contribution in [1.29, 1.82) is 0 Å². The van der Waals surface area contributed by atoms with E-state index in [1.54, 1.807) is 66.7 Å². The predicted molar refractivity (Wildman–Crippen MR) is 209 cm³/mol. The second kappa shape index (κ2) is 18.6. The normalized spacial score (nSPS) is 11.1. The molecule has 4 aromatic carbocycles. The zero-order valence-corrected chi connectivity index (χ0v) is 32.1. The Kier molecular flexibility index (Phi) is 13.5. The first-order valence-corrected chi connectivity index (χ1v) is 18.9. The molecule has 0 saturated heterocycles. The third-order valence-electron chi connectivity index (χ3n) is 7.98. The van der Waals surface area contributed by atoms with E-state index in [0.29, 0.717) is 5.75 Å². The number of amides is 2. The Hall–Kier alpha value is -6.61. The Balaban J connectivity index is 1.46. The molecular formula is C41H42N4O10S. The molecule has 3 N–H and O–H groups in total. The zero-order valence-electron chi connectivity index (χ0n) is 31.2. The van der Waals surface area contributed by atoms with Crippen molar-refractivity contribution in [3.8, 4) is 23.0 Å². The summed E-state index contributed by atoms with van der Waals surface area (Å²) in [5, 5.41) is 5.00. The van der Waals surface area contributed by atoms with Crippen molar-refractivity contribution in [3.05, 3.63) is 132 Å². The van der Waals surface area contributed by atoms with Gasteiger partial charge in [-0.25, -0.2) is 18.2 Å². The summed E-state index contributed by atoms with van der Waals surface area (Å²) >= 11 is 0. The largest absolute Gasteiger partial charge is 0.493 e. The number of sulfonamides is 1. The van der Waals surface area contributed by atoms with Crippen LogP contribution < -0.4 is 29.6 Å². The number of carbonyl (C=O) groups excluding carboxylic acids is 3. The molecule has 2 amide bonds. The second-order valence-electron chi connectivity index (χ2n) is 13.1. The number of esters is 1. The maximum atomic E-state index is 13.9. The van der Waals surface area contributed by atoms with Gasteiger partial charge in [-0.05, 0) is 65.1 Å². The van der Waals surface area contributed by atoms with Gasteiger partial charge in [-0.3, -0.25) is 19.6 Å². The molecule has 0 unspecified atom stereocenters. The van der Waals surface area contributed by atoms with Crippen LogP contribution in [0.5, 0.6) is 23.0 Å². The quantitative estimate of drug-likeness (QED) is 0.0688. The van der Waals surface area contributed by atoms with E-state index in [2.05, 4.69) is 20.3 Å². The summed E-state index contributed by atoms with van der Waals surface area (Å²) in [5.41, 5.74) is 1.18. The maximum Gasteiger partial charge on any atom is 0.412 e. The molecule has 0 fully saturated rings. The molecule has 5 aromatic rings. The first-order chi connectivity index (χ1) is 26.8. The van der Waals surface area contributed by atoms with Crippen LogP contribution in [0, 0.1) is 0 Å². The van der Waals surface area contributed by atoms with Crippen molar-refractivity contribution < 1.29 is 46.5 Å². The Labute approximate surface area is 325 Å². The first kappa shape index (κ1) is 40.6. The molecule has 56 heavy (non-hydrogen) atoms. The number of rotatable bonds is 16. The van der Waals surface area contributed by atoms with Gasteiger partial charge in [0.25, 0.3) is 15.9 Å². The molecule has 1 aromatic heterocycles. The lowest BCUT2D eigenvalue weighted by Crippen LogP contribution is -2.30. The minimum atomic E-state index is -4.30. The number of anilines is 2. The number of hydrogen-bond donors (Lipinski definition) is 3. The third kappa shape index (κ3) is 11.4. The molecule has 0 aliphatic heterocycles. The number of nitrogens with zero attached hydrogens (tertiary/aromatic N) is 1. The standard InChI is InChI=1S/C41H42N4O10S/c1-41(2,3)30-17-19-31(20-18-30)56(49,50)45-32-24-29(39(47)43-26-37(46)54-27-28-12-6-5-7-13-28)25-35(38(32)55-34-15-9-8-14-33(34)51-4)52-22-23-53-40(48)44-36-16-10-11-21-42-36/h5-21,24-25,45H,22-23,26-27H2,1-4H3,(H,43,47)(H,42,44,48). The highest BCUT2D eigenvalue weighted by atomic mass is 32.2. The summed E-state index contributed by atoms with van der Waals surface area (Å²) in [7, 11) is -2.86. The lowest BCUT2D eigenvalue weighted by molar-refractivity contribution is -0.143. The summed E-state index contributed by atoms with van der Waals surface area (Å²) in [6.07, 6.45) is 0.710. The van der Waals surface area contributed by atoms with E-state index >= 15 is 0 Å². The minimum Gasteiger partial charge on any atom is -0.493 e. The van der Waals surface area contributed by atoms with Crippen LogP contribution in [0.3, 0.4) is 0 Å². The lowest BCUT2D eigenvalue weighted by atomic mass is 9.87. The second-order valence-corrected chi connectivity index (χ2v) is 14.8. The van der Waals surface area contributed by atoms with Gasteiger partial charge in [0, 0.05) is 11.8 Å². The SMILES string of the molecule is COc1ccccc1Oc1c(NS(=O)(=O)c2ccc(C(C)(C)C)cc2)cc(C(=O)NCC(=O)OCc2ccccc2)cc1OCCOC(=O)Nc1ccccn1. The molecule has 0 spiro atoms. The molecule has 0 radical (unpaired) electrons. The Morgan fingerprint density at radius 2 is 1.46 bits per heavy atom. The molecule has 5 rings (SSSR count). The fourth-order valence-electron chi connectivity index (χ4n) is 5.08. The van der Waals surface area contributed by atoms with Crippen LogP contribution in [0.2, 0.25) is 0 Å². The van der Waals surface area contributed by atoms with E-state index in [1.807, 2.05) is 39.0 Å². The number of hydrogen-bond acceptors (Lipinski definition) is 11. The Bertz CT molecular complexity index is 2230. The highest BCUT2D eigenvalue weighted by Crippen LogP contribution is 2.43. The molecule has 0 bridgehead atoms. The molecule has 0 atom stereocenters. The van der Waals surface area contributed by atoms with Crippen LogP contribution in [-0.4, -0.2) is 58.2 Å². The van der Waals surface area contributed by atoms with Crippen LogP contribution in [0.25, 0.3) is 0 Å². The Morgan fingerprint density at radius 1 is 0.768 bits per heavy atom. The number of nitrogens with one attached hydrogen (secondary N) is 3. The zero-order chi connectivity index (χ0) is 40.1. The molecule has 0 saturated carbocycles. The fraction of sp³-hybridized carbons (Fsp3) is 0.220. The van der Waals surface area contributed by atoms with Crippen LogP contribution in [0.1, 0.15) is 42.3 Å². The molecule has 1 heterocycles. The van der Waals surface area contributed by atoms with Crippen molar-refractivity contribution in [1.82, 2.24) is 10.3 Å². The van der Waals surface area contributed by atoms with Gasteiger partial charge in [-0.15, -0.1) is 0 Å². The number of carbonyl (C=O) groups is 3. The summed E-state index contributed by atoms with van der Waals surface area (Å²) in [6, 6.07) is 29.6. The minimum absolute atomic E-state index is 0.00707. The summed E-state index contributed by atoms with van der Waals surface area (Å²) < 4.78 is 58.6. The predicted octanol–water partition coefficient (Wildman–Crippen LogP) is 7.08. The number of pyridine rings is 1. The van der Waals surface area contributed by atoms with E-state index in [1.165, 1.54) is 37.6 Å². The van der Waals surface area contributed by atoms with E-state index in [9.17, 15) is 22.8 Å². The van der Waals surface area contributed by atoms with Crippen LogP contribution in [-0.2, 0) is 36.3 Å². The van der Waals surface area contributed by atoms with Crippen molar-refractivity contribution >= 4 is 39.5 Å². The van der Waals surface area contributed by atoms with E-state index in [-0.39, 0.29) is 64.4 Å². The van der Waals surface area contributed by atoms with E-state index in [4.69, 9.17) is 23.7 Å². The van der Waals surface area contributed by atoms with Gasteiger partial charge < -0.3 is 29.0 Å². The molecular weight excluding hydrogens is 741 g/mol. The number of ether oxygens (including phenoxy) is 5. The Morgan fingerprint density at radius 3 is 2.14 bits per heavy atom. The van der Waals surface area contributed by atoms with E-state index < -0.39 is 34.5 Å². The average molecular weight is 783 g/mol. The molecule has 14 nitrogen and oxygen atoms in total. The number of methoxy groups -OCH3 is 1. The van der Waals surface area contributed by atoms with Gasteiger partial charge in [0.2, 0.25) is 0 Å². The number of para-hydroxylation sites is 2. The van der Waals surface area contributed by atoms with E-state index in [0.717, 1.165) is 11.1 Å². The monoisotopic (exact) mass is 782 g/mol. The average Bonchev–Trinajstić information content (AvgIpc) is 3.19. The molecule has 15 heteroatoms. The van der Waals surface area contributed by atoms with Gasteiger partial charge in [-0.2, -0.15) is 0 Å². The van der Waals surface area contributed by atoms with Crippen molar-refractivity contribution in [2.75, 3.05) is 36.9 Å². The van der Waals surface area contributed by atoms with Crippen LogP contribution in [0.15, 0.2) is 120 Å². The lowest BCUT2D eigenvalue weighted by Gasteiger charge is -2.21. The smallest absolute Gasteiger partial charge is 0.412 e. The van der Waals surface area contributed by atoms with Crippen molar-refractivity contribution in [2.24, 2.45) is 0 Å². The highest BCUT2D eigenvalue weighted by Gasteiger charge is 2.25. The van der Waals surface area contributed by atoms with Gasteiger partial charge in [0.05, 0.1) is 17.7 Å². The van der Waals surface area contributed by atoms with Gasteiger partial charge in [0.1, 0.15) is 32.2 Å². The maximum absolute atomic E-state index is 13.9. The summed E-state index contributed by atoms with van der Waals surface area (Å²) in [5.74, 6) is -0.911. The highest BCUT2D eigenvalue weighted by molar-refractivity contribution is 7.92. The summed E-state index contributed by atoms with van der Waals surface area (Å²) in [4.78, 5) is 42.5. The molecule has 292 valence electrons. The fourth-order valence-corrected chi connectivity index (χ4v) is 6.13. The summed E-state index contributed by atoms with van der Waals surface area (Å²) in [6.45, 7) is 5.03. The van der Waals surface area contributed by atoms with Crippen molar-refractivity contribution in [3.63, 3.8) is 0 Å². The molecule has 0 aliphatic rings. The van der Waals surface area contributed by atoms with Gasteiger partial charge >= 0.3 is 12.1 Å². The van der Waals surface area contributed by atoms with Gasteiger partial charge in [-0.1, -0.05) is 81.4 Å². The topological polar surface area (TPSA) is 180 Å². The van der Waals surface area contributed by atoms with Gasteiger partial charge in [0.15, 0.2) is 23.0 Å². The van der Waals surface area contributed by atoms with Crippen LogP contribution >= 0.6 is 0 Å².